The lowest BCUT2D eigenvalue weighted by Gasteiger charge is -2.32. The van der Waals surface area contributed by atoms with E-state index >= 15 is 0 Å². The number of piperidine rings is 1. The van der Waals surface area contributed by atoms with Crippen molar-refractivity contribution in [3.63, 3.8) is 0 Å². The van der Waals surface area contributed by atoms with E-state index in [1.165, 1.54) is 0 Å². The molecule has 0 bridgehead atoms. The third-order valence-electron chi connectivity index (χ3n) is 5.24. The number of carbonyl (C=O) groups excluding carboxylic acids is 2. The molecule has 1 unspecified atom stereocenters. The predicted molar refractivity (Wildman–Crippen MR) is 104 cm³/mol. The van der Waals surface area contributed by atoms with Gasteiger partial charge in [0.15, 0.2) is 5.60 Å². The summed E-state index contributed by atoms with van der Waals surface area (Å²) in [6, 6.07) is 13.4. The summed E-state index contributed by atoms with van der Waals surface area (Å²) in [5.74, 6) is -2.03. The number of carbonyl (C=O) groups is 3. The van der Waals surface area contributed by atoms with Crippen molar-refractivity contribution in [2.24, 2.45) is 5.92 Å². The second-order valence-electron chi connectivity index (χ2n) is 7.39. The van der Waals surface area contributed by atoms with E-state index in [2.05, 4.69) is 5.32 Å². The van der Waals surface area contributed by atoms with Crippen molar-refractivity contribution >= 4 is 28.6 Å². The topological polar surface area (TPSA) is 107 Å². The molecule has 0 aliphatic carbocycles. The van der Waals surface area contributed by atoms with Crippen molar-refractivity contribution in [3.8, 4) is 0 Å². The Kier molecular flexibility index (Phi) is 5.65. The zero-order valence-electron chi connectivity index (χ0n) is 15.7. The molecule has 3 N–H and O–H groups in total. The molecule has 3 rings (SSSR count). The highest BCUT2D eigenvalue weighted by molar-refractivity contribution is 6.07. The molecule has 1 saturated heterocycles. The summed E-state index contributed by atoms with van der Waals surface area (Å²) in [7, 11) is 0. The van der Waals surface area contributed by atoms with Gasteiger partial charge in [0.25, 0.3) is 5.91 Å². The maximum atomic E-state index is 12.9. The Balaban J connectivity index is 1.60. The number of fused-ring (bicyclic) bond motifs is 1. The molecule has 28 heavy (non-hydrogen) atoms. The minimum atomic E-state index is -2.00. The first-order chi connectivity index (χ1) is 13.3. The molecule has 0 spiro atoms. The van der Waals surface area contributed by atoms with Crippen molar-refractivity contribution < 1.29 is 24.6 Å². The van der Waals surface area contributed by atoms with Crippen LogP contribution in [0.5, 0.6) is 0 Å². The summed E-state index contributed by atoms with van der Waals surface area (Å²) in [6.45, 7) is 1.70. The fraction of sp³-hybridized carbons (Fsp3) is 0.381. The van der Waals surface area contributed by atoms with Gasteiger partial charge in [0.2, 0.25) is 5.91 Å². The number of carboxylic acid groups (broad SMARTS) is 1. The quantitative estimate of drug-likeness (QED) is 0.727. The van der Waals surface area contributed by atoms with Crippen LogP contribution in [0.15, 0.2) is 42.5 Å². The van der Waals surface area contributed by atoms with Crippen LogP contribution in [-0.2, 0) is 9.59 Å². The molecule has 0 saturated carbocycles. The fourth-order valence-electron chi connectivity index (χ4n) is 3.41. The van der Waals surface area contributed by atoms with Crippen molar-refractivity contribution in [2.75, 3.05) is 19.6 Å². The summed E-state index contributed by atoms with van der Waals surface area (Å²) in [5.41, 5.74) is -1.35. The molecule has 7 heteroatoms. The zero-order chi connectivity index (χ0) is 20.3. The lowest BCUT2D eigenvalue weighted by molar-refractivity contribution is -0.156. The predicted octanol–water partition coefficient (Wildman–Crippen LogP) is 1.64. The van der Waals surface area contributed by atoms with Gasteiger partial charge in [-0.25, -0.2) is 4.79 Å². The van der Waals surface area contributed by atoms with Crippen LogP contribution < -0.4 is 5.32 Å². The van der Waals surface area contributed by atoms with Gasteiger partial charge in [-0.1, -0.05) is 36.4 Å². The highest BCUT2D eigenvalue weighted by Crippen LogP contribution is 2.23. The Morgan fingerprint density at radius 1 is 1.11 bits per heavy atom. The maximum Gasteiger partial charge on any atom is 0.337 e. The second kappa shape index (κ2) is 7.98. The van der Waals surface area contributed by atoms with Gasteiger partial charge < -0.3 is 20.4 Å². The van der Waals surface area contributed by atoms with Crippen LogP contribution >= 0.6 is 0 Å². The molecule has 1 fully saturated rings. The number of benzene rings is 2. The van der Waals surface area contributed by atoms with Gasteiger partial charge in [-0.15, -0.1) is 0 Å². The molecular formula is C21H24N2O5. The molecule has 7 nitrogen and oxygen atoms in total. The van der Waals surface area contributed by atoms with Crippen molar-refractivity contribution in [2.45, 2.75) is 25.4 Å². The number of aliphatic hydroxyl groups is 1. The molecule has 0 radical (unpaired) electrons. The number of hydrogen-bond acceptors (Lipinski definition) is 4. The van der Waals surface area contributed by atoms with Gasteiger partial charge >= 0.3 is 5.97 Å². The summed E-state index contributed by atoms with van der Waals surface area (Å²) in [4.78, 5) is 37.9. The van der Waals surface area contributed by atoms with E-state index in [1.807, 2.05) is 42.5 Å². The Labute approximate surface area is 163 Å². The third kappa shape index (κ3) is 4.14. The van der Waals surface area contributed by atoms with E-state index in [0.29, 0.717) is 31.5 Å². The van der Waals surface area contributed by atoms with Crippen LogP contribution in [0, 0.1) is 5.92 Å². The summed E-state index contributed by atoms with van der Waals surface area (Å²) in [5, 5.41) is 23.0. The van der Waals surface area contributed by atoms with Crippen LogP contribution in [0.1, 0.15) is 30.1 Å². The molecule has 2 amide bonds. The first-order valence-electron chi connectivity index (χ1n) is 9.30. The molecule has 1 aliphatic rings. The Bertz CT molecular complexity index is 895. The van der Waals surface area contributed by atoms with Gasteiger partial charge in [0.1, 0.15) is 0 Å². The van der Waals surface area contributed by atoms with E-state index in [1.54, 1.807) is 4.90 Å². The number of aliphatic carboxylic acids is 1. The number of rotatable bonds is 5. The molecule has 1 heterocycles. The first kappa shape index (κ1) is 19.8. The monoisotopic (exact) mass is 384 g/mol. The third-order valence-corrected chi connectivity index (χ3v) is 5.24. The molecule has 2 aromatic rings. The average Bonchev–Trinajstić information content (AvgIpc) is 2.71. The van der Waals surface area contributed by atoms with Crippen LogP contribution in [0.2, 0.25) is 0 Å². The number of amides is 2. The van der Waals surface area contributed by atoms with E-state index in [4.69, 9.17) is 5.11 Å². The Hall–Kier alpha value is -2.93. The molecule has 148 valence electrons. The number of nitrogens with zero attached hydrogens (tertiary/aromatic N) is 1. The minimum Gasteiger partial charge on any atom is -0.479 e. The van der Waals surface area contributed by atoms with E-state index in [-0.39, 0.29) is 24.3 Å². The molecule has 2 aromatic carbocycles. The summed E-state index contributed by atoms with van der Waals surface area (Å²) in [6.07, 6.45) is 0.995. The van der Waals surface area contributed by atoms with Gasteiger partial charge in [-0.2, -0.15) is 0 Å². The van der Waals surface area contributed by atoms with Gasteiger partial charge in [-0.3, -0.25) is 9.59 Å². The molecular weight excluding hydrogens is 360 g/mol. The molecule has 1 atom stereocenters. The van der Waals surface area contributed by atoms with Crippen molar-refractivity contribution in [1.29, 1.82) is 0 Å². The number of hydrogen-bond donors (Lipinski definition) is 3. The van der Waals surface area contributed by atoms with Crippen LogP contribution in [-0.4, -0.2) is 58.1 Å². The zero-order valence-corrected chi connectivity index (χ0v) is 15.7. The van der Waals surface area contributed by atoms with Gasteiger partial charge in [-0.05, 0) is 36.6 Å². The normalized spacial score (nSPS) is 17.1. The van der Waals surface area contributed by atoms with E-state index in [0.717, 1.165) is 17.7 Å². The van der Waals surface area contributed by atoms with E-state index in [9.17, 15) is 19.5 Å². The van der Waals surface area contributed by atoms with Crippen LogP contribution in [0.4, 0.5) is 0 Å². The number of carboxylic acids is 1. The highest BCUT2D eigenvalue weighted by Gasteiger charge is 2.33. The standard InChI is InChI=1S/C21H24N2O5/c1-21(28,20(26)27)13-22-18(24)15-9-11-23(12-10-15)19(25)17-8-4-6-14-5-2-3-7-16(14)17/h2-8,15,28H,9-13H2,1H3,(H,22,24)(H,26,27). The second-order valence-corrected chi connectivity index (χ2v) is 7.39. The lowest BCUT2D eigenvalue weighted by atomic mass is 9.94. The fourth-order valence-corrected chi connectivity index (χ4v) is 3.41. The smallest absolute Gasteiger partial charge is 0.337 e. The summed E-state index contributed by atoms with van der Waals surface area (Å²) >= 11 is 0. The van der Waals surface area contributed by atoms with Gasteiger partial charge in [0.05, 0.1) is 6.54 Å². The highest BCUT2D eigenvalue weighted by atomic mass is 16.4. The lowest BCUT2D eigenvalue weighted by Crippen LogP contribution is -2.49. The Morgan fingerprint density at radius 3 is 2.43 bits per heavy atom. The van der Waals surface area contributed by atoms with E-state index < -0.39 is 11.6 Å². The van der Waals surface area contributed by atoms with Crippen LogP contribution in [0.25, 0.3) is 10.8 Å². The summed E-state index contributed by atoms with van der Waals surface area (Å²) < 4.78 is 0. The molecule has 1 aliphatic heterocycles. The largest absolute Gasteiger partial charge is 0.479 e. The SMILES string of the molecule is CC(O)(CNC(=O)C1CCN(C(=O)c2cccc3ccccc23)CC1)C(=O)O. The number of likely N-dealkylation sites (tertiary alicyclic amines) is 1. The maximum absolute atomic E-state index is 12.9. The molecule has 0 aromatic heterocycles. The Morgan fingerprint density at radius 2 is 1.75 bits per heavy atom. The van der Waals surface area contributed by atoms with Crippen molar-refractivity contribution in [3.05, 3.63) is 48.0 Å². The average molecular weight is 384 g/mol. The minimum absolute atomic E-state index is 0.0514. The number of nitrogens with one attached hydrogen (secondary N) is 1. The first-order valence-corrected chi connectivity index (χ1v) is 9.30. The van der Waals surface area contributed by atoms with Gasteiger partial charge in [0, 0.05) is 24.6 Å². The van der Waals surface area contributed by atoms with Crippen molar-refractivity contribution in [1.82, 2.24) is 10.2 Å². The van der Waals surface area contributed by atoms with Crippen LogP contribution in [0.3, 0.4) is 0 Å².